The summed E-state index contributed by atoms with van der Waals surface area (Å²) >= 11 is 0. The van der Waals surface area contributed by atoms with Crippen molar-refractivity contribution in [2.24, 2.45) is 0 Å². The second kappa shape index (κ2) is 6.64. The maximum Gasteiger partial charge on any atom is 0.248 e. The van der Waals surface area contributed by atoms with E-state index in [0.29, 0.717) is 28.8 Å². The van der Waals surface area contributed by atoms with Gasteiger partial charge >= 0.3 is 0 Å². The number of benzene rings is 1. The lowest BCUT2D eigenvalue weighted by atomic mass is 10.3. The molecule has 2 aromatic rings. The zero-order valence-corrected chi connectivity index (χ0v) is 14.1. The van der Waals surface area contributed by atoms with Crippen LogP contribution in [0.25, 0.3) is 0 Å². The van der Waals surface area contributed by atoms with E-state index in [1.807, 2.05) is 0 Å². The fraction of sp³-hybridized carbons (Fsp3) is 0.412. The molecular formula is C17H21N5O3. The van der Waals surface area contributed by atoms with Gasteiger partial charge in [0.25, 0.3) is 0 Å². The van der Waals surface area contributed by atoms with Gasteiger partial charge in [0.1, 0.15) is 17.8 Å². The monoisotopic (exact) mass is 343 g/mol. The van der Waals surface area contributed by atoms with Crippen LogP contribution >= 0.6 is 0 Å². The summed E-state index contributed by atoms with van der Waals surface area (Å²) < 4.78 is 16.5. The third kappa shape index (κ3) is 3.12. The van der Waals surface area contributed by atoms with Crippen molar-refractivity contribution in [3.8, 4) is 23.1 Å². The highest BCUT2D eigenvalue weighted by Crippen LogP contribution is 2.38. The molecule has 0 amide bonds. The Morgan fingerprint density at radius 1 is 1.12 bits per heavy atom. The van der Waals surface area contributed by atoms with Gasteiger partial charge in [-0.1, -0.05) is 6.92 Å². The number of nitrogen functional groups attached to an aromatic ring is 1. The fourth-order valence-electron chi connectivity index (χ4n) is 3.03. The van der Waals surface area contributed by atoms with Gasteiger partial charge in [-0.3, -0.25) is 0 Å². The Labute approximate surface area is 146 Å². The van der Waals surface area contributed by atoms with E-state index in [4.69, 9.17) is 19.9 Å². The molecule has 25 heavy (non-hydrogen) atoms. The number of anilines is 2. The van der Waals surface area contributed by atoms with E-state index in [2.05, 4.69) is 26.7 Å². The van der Waals surface area contributed by atoms with Crippen LogP contribution in [0.4, 0.5) is 11.5 Å². The Bertz CT molecular complexity index is 762. The minimum absolute atomic E-state index is 0.225. The van der Waals surface area contributed by atoms with Crippen LogP contribution in [0.5, 0.6) is 23.1 Å². The minimum Gasteiger partial charge on any atom is -0.454 e. The molecule has 8 heteroatoms. The van der Waals surface area contributed by atoms with Crippen molar-refractivity contribution in [1.29, 1.82) is 0 Å². The van der Waals surface area contributed by atoms with Crippen LogP contribution in [0.1, 0.15) is 6.92 Å². The van der Waals surface area contributed by atoms with Gasteiger partial charge in [0.05, 0.1) is 0 Å². The third-order valence-corrected chi connectivity index (χ3v) is 4.50. The van der Waals surface area contributed by atoms with Crippen LogP contribution in [0.3, 0.4) is 0 Å². The van der Waals surface area contributed by atoms with E-state index in [-0.39, 0.29) is 6.79 Å². The topological polar surface area (TPSA) is 86.0 Å². The van der Waals surface area contributed by atoms with Crippen molar-refractivity contribution in [1.82, 2.24) is 14.9 Å². The van der Waals surface area contributed by atoms with Gasteiger partial charge < -0.3 is 29.7 Å². The Hall–Kier alpha value is -2.74. The van der Waals surface area contributed by atoms with E-state index < -0.39 is 0 Å². The lowest BCUT2D eigenvalue weighted by molar-refractivity contribution is 0.174. The number of ether oxygens (including phenoxy) is 3. The number of nitrogens with zero attached hydrogens (tertiary/aromatic N) is 4. The van der Waals surface area contributed by atoms with E-state index in [0.717, 1.165) is 38.5 Å². The van der Waals surface area contributed by atoms with Crippen molar-refractivity contribution in [2.75, 3.05) is 50.2 Å². The molecule has 1 aromatic heterocycles. The van der Waals surface area contributed by atoms with E-state index in [9.17, 15) is 0 Å². The van der Waals surface area contributed by atoms with Gasteiger partial charge in [0.2, 0.25) is 12.7 Å². The van der Waals surface area contributed by atoms with Gasteiger partial charge in [-0.2, -0.15) is 4.98 Å². The summed E-state index contributed by atoms with van der Waals surface area (Å²) in [7, 11) is 0. The predicted molar refractivity (Wildman–Crippen MR) is 93.4 cm³/mol. The molecular weight excluding hydrogens is 322 g/mol. The number of piperazine rings is 1. The number of nitrogens with two attached hydrogens (primary N) is 1. The Morgan fingerprint density at radius 3 is 2.72 bits per heavy atom. The molecule has 1 saturated heterocycles. The standard InChI is InChI=1S/C17H21N5O3/c1-2-21-5-7-22(8-6-21)16-15(18)17(20-10-19-16)25-12-3-4-13-14(9-12)24-11-23-13/h3-4,9-10H,2,5-8,11,18H2,1H3. The van der Waals surface area contributed by atoms with Gasteiger partial charge in [-0.05, 0) is 18.7 Å². The molecule has 0 saturated carbocycles. The van der Waals surface area contributed by atoms with Crippen LogP contribution < -0.4 is 24.8 Å². The fourth-order valence-corrected chi connectivity index (χ4v) is 3.03. The first kappa shape index (κ1) is 15.8. The molecule has 0 unspecified atom stereocenters. The van der Waals surface area contributed by atoms with Crippen LogP contribution in [-0.4, -0.2) is 54.4 Å². The van der Waals surface area contributed by atoms with Gasteiger partial charge in [0.15, 0.2) is 17.3 Å². The van der Waals surface area contributed by atoms with Crippen LogP contribution in [0.15, 0.2) is 24.5 Å². The highest BCUT2D eigenvalue weighted by Gasteiger charge is 2.21. The second-order valence-corrected chi connectivity index (χ2v) is 5.95. The van der Waals surface area contributed by atoms with Crippen molar-refractivity contribution in [3.63, 3.8) is 0 Å². The number of hydrogen-bond acceptors (Lipinski definition) is 8. The summed E-state index contributed by atoms with van der Waals surface area (Å²) in [6.45, 7) is 7.23. The highest BCUT2D eigenvalue weighted by atomic mass is 16.7. The zero-order chi connectivity index (χ0) is 17.2. The Balaban J connectivity index is 1.53. The van der Waals surface area contributed by atoms with Crippen molar-refractivity contribution >= 4 is 11.5 Å². The maximum atomic E-state index is 6.28. The van der Waals surface area contributed by atoms with Gasteiger partial charge in [-0.15, -0.1) is 0 Å². The molecule has 132 valence electrons. The maximum absolute atomic E-state index is 6.28. The molecule has 1 fully saturated rings. The normalized spacial score (nSPS) is 16.9. The number of likely N-dealkylation sites (N-methyl/N-ethyl adjacent to an activating group) is 1. The summed E-state index contributed by atoms with van der Waals surface area (Å²) in [5.74, 6) is 3.03. The first-order valence-corrected chi connectivity index (χ1v) is 8.40. The first-order chi connectivity index (χ1) is 12.2. The smallest absolute Gasteiger partial charge is 0.248 e. The zero-order valence-electron chi connectivity index (χ0n) is 14.1. The predicted octanol–water partition coefficient (Wildman–Crippen LogP) is 1.72. The molecule has 2 N–H and O–H groups in total. The molecule has 0 radical (unpaired) electrons. The second-order valence-electron chi connectivity index (χ2n) is 5.95. The average molecular weight is 343 g/mol. The molecule has 8 nitrogen and oxygen atoms in total. The number of hydrogen-bond donors (Lipinski definition) is 1. The largest absolute Gasteiger partial charge is 0.454 e. The molecule has 0 atom stereocenters. The number of rotatable bonds is 4. The summed E-state index contributed by atoms with van der Waals surface area (Å²) in [6.07, 6.45) is 1.49. The minimum atomic E-state index is 0.225. The summed E-state index contributed by atoms with van der Waals surface area (Å²) in [4.78, 5) is 13.1. The van der Waals surface area contributed by atoms with Crippen LogP contribution in [0, 0.1) is 0 Å². The molecule has 3 heterocycles. The van der Waals surface area contributed by atoms with Crippen molar-refractivity contribution < 1.29 is 14.2 Å². The van der Waals surface area contributed by atoms with Crippen molar-refractivity contribution in [3.05, 3.63) is 24.5 Å². The molecule has 1 aromatic carbocycles. The summed E-state index contributed by atoms with van der Waals surface area (Å²) in [5.41, 5.74) is 6.73. The Kier molecular flexibility index (Phi) is 4.19. The van der Waals surface area contributed by atoms with Gasteiger partial charge in [-0.25, -0.2) is 4.98 Å². The van der Waals surface area contributed by atoms with Crippen LogP contribution in [0.2, 0.25) is 0 Å². The van der Waals surface area contributed by atoms with Gasteiger partial charge in [0, 0.05) is 32.2 Å². The molecule has 2 aliphatic heterocycles. The molecule has 0 aliphatic carbocycles. The van der Waals surface area contributed by atoms with E-state index in [1.165, 1.54) is 6.33 Å². The summed E-state index contributed by atoms with van der Waals surface area (Å²) in [6, 6.07) is 5.37. The quantitative estimate of drug-likeness (QED) is 0.898. The number of fused-ring (bicyclic) bond motifs is 1. The molecule has 4 rings (SSSR count). The lowest BCUT2D eigenvalue weighted by Gasteiger charge is -2.35. The third-order valence-electron chi connectivity index (χ3n) is 4.50. The van der Waals surface area contributed by atoms with E-state index >= 15 is 0 Å². The molecule has 2 aliphatic rings. The average Bonchev–Trinajstić information content (AvgIpc) is 3.11. The first-order valence-electron chi connectivity index (χ1n) is 8.40. The van der Waals surface area contributed by atoms with Crippen LogP contribution in [-0.2, 0) is 0 Å². The summed E-state index contributed by atoms with van der Waals surface area (Å²) in [5, 5.41) is 0. The SMILES string of the molecule is CCN1CCN(c2ncnc(Oc3ccc4c(c3)OCO4)c2N)CC1. The van der Waals surface area contributed by atoms with Crippen molar-refractivity contribution in [2.45, 2.75) is 6.92 Å². The Morgan fingerprint density at radius 2 is 1.92 bits per heavy atom. The number of aromatic nitrogens is 2. The highest BCUT2D eigenvalue weighted by molar-refractivity contribution is 5.68. The van der Waals surface area contributed by atoms with E-state index in [1.54, 1.807) is 18.2 Å². The molecule has 0 bridgehead atoms. The molecule has 0 spiro atoms. The lowest BCUT2D eigenvalue weighted by Crippen LogP contribution is -2.46.